The lowest BCUT2D eigenvalue weighted by atomic mass is 10.1. The molecule has 0 saturated heterocycles. The van der Waals surface area contributed by atoms with E-state index in [2.05, 4.69) is 20.7 Å². The van der Waals surface area contributed by atoms with Gasteiger partial charge in [-0.15, -0.1) is 11.3 Å². The summed E-state index contributed by atoms with van der Waals surface area (Å²) in [7, 11) is -3.66. The molecule has 2 N–H and O–H groups in total. The Balaban J connectivity index is 2.37. The van der Waals surface area contributed by atoms with Gasteiger partial charge in [0, 0.05) is 10.6 Å². The second kappa shape index (κ2) is 5.85. The maximum atomic E-state index is 12.4. The molecule has 0 aliphatic carbocycles. The summed E-state index contributed by atoms with van der Waals surface area (Å²) in [6, 6.07) is 7.00. The van der Waals surface area contributed by atoms with Crippen molar-refractivity contribution in [2.75, 3.05) is 4.72 Å². The zero-order valence-corrected chi connectivity index (χ0v) is 14.2. The van der Waals surface area contributed by atoms with Crippen molar-refractivity contribution in [1.29, 1.82) is 0 Å². The lowest BCUT2D eigenvalue weighted by Gasteiger charge is -2.09. The summed E-state index contributed by atoms with van der Waals surface area (Å²) in [6.45, 7) is 3.65. The second-order valence-electron chi connectivity index (χ2n) is 4.49. The van der Waals surface area contributed by atoms with Gasteiger partial charge in [-0.3, -0.25) is 4.72 Å². The lowest BCUT2D eigenvalue weighted by molar-refractivity contribution is 0.285. The van der Waals surface area contributed by atoms with Crippen molar-refractivity contribution in [2.24, 2.45) is 0 Å². The van der Waals surface area contributed by atoms with Crippen molar-refractivity contribution in [3.8, 4) is 0 Å². The molecule has 0 aliphatic heterocycles. The summed E-state index contributed by atoms with van der Waals surface area (Å²) in [5, 5.41) is 9.08. The molecule has 0 radical (unpaired) electrons. The molecule has 1 heterocycles. The highest BCUT2D eigenvalue weighted by Gasteiger charge is 2.21. The number of aliphatic hydroxyl groups excluding tert-OH is 1. The average molecular weight is 376 g/mol. The second-order valence-corrected chi connectivity index (χ2v) is 8.60. The number of halogens is 1. The quantitative estimate of drug-likeness (QED) is 0.859. The SMILES string of the molecule is Cc1cc(C)cc(NS(=O)(=O)c2cc(CO)sc2Br)c1. The number of sulfonamides is 1. The van der Waals surface area contributed by atoms with E-state index >= 15 is 0 Å². The van der Waals surface area contributed by atoms with E-state index in [1.54, 1.807) is 12.1 Å². The molecular weight excluding hydrogens is 362 g/mol. The first-order valence-electron chi connectivity index (χ1n) is 5.82. The first-order chi connectivity index (χ1) is 9.31. The van der Waals surface area contributed by atoms with Crippen molar-refractivity contribution in [3.05, 3.63) is 44.1 Å². The van der Waals surface area contributed by atoms with E-state index in [9.17, 15) is 8.42 Å². The molecule has 0 saturated carbocycles. The van der Waals surface area contributed by atoms with Crippen LogP contribution in [0.5, 0.6) is 0 Å². The molecule has 7 heteroatoms. The molecule has 0 atom stereocenters. The summed E-state index contributed by atoms with van der Waals surface area (Å²) in [5.41, 5.74) is 2.51. The topological polar surface area (TPSA) is 66.4 Å². The largest absolute Gasteiger partial charge is 0.391 e. The van der Waals surface area contributed by atoms with Crippen LogP contribution in [0.4, 0.5) is 5.69 Å². The zero-order chi connectivity index (χ0) is 14.9. The number of nitrogens with one attached hydrogen (secondary N) is 1. The van der Waals surface area contributed by atoms with Crippen molar-refractivity contribution >= 4 is 43.0 Å². The van der Waals surface area contributed by atoms with Gasteiger partial charge in [0.05, 0.1) is 10.4 Å². The van der Waals surface area contributed by atoms with E-state index in [4.69, 9.17) is 5.11 Å². The minimum atomic E-state index is -3.66. The Morgan fingerprint density at radius 1 is 1.20 bits per heavy atom. The third-order valence-electron chi connectivity index (χ3n) is 2.63. The molecule has 0 unspecified atom stereocenters. The van der Waals surface area contributed by atoms with Gasteiger partial charge in [0.1, 0.15) is 4.90 Å². The standard InChI is InChI=1S/C13H14BrNO3S2/c1-8-3-9(2)5-10(4-8)15-20(17,18)12-6-11(7-16)19-13(12)14/h3-6,15-16H,7H2,1-2H3. The summed E-state index contributed by atoms with van der Waals surface area (Å²) < 4.78 is 27.8. The summed E-state index contributed by atoms with van der Waals surface area (Å²) >= 11 is 4.43. The van der Waals surface area contributed by atoms with Gasteiger partial charge in [0.25, 0.3) is 10.0 Å². The Labute approximate surface area is 130 Å². The Bertz CT molecular complexity index is 718. The van der Waals surface area contributed by atoms with E-state index in [-0.39, 0.29) is 11.5 Å². The minimum Gasteiger partial charge on any atom is -0.391 e. The molecule has 0 spiro atoms. The van der Waals surface area contributed by atoms with E-state index < -0.39 is 10.0 Å². The van der Waals surface area contributed by atoms with Crippen molar-refractivity contribution in [2.45, 2.75) is 25.3 Å². The molecular formula is C13H14BrNO3S2. The summed E-state index contributed by atoms with van der Waals surface area (Å²) in [4.78, 5) is 0.739. The van der Waals surface area contributed by atoms with E-state index in [1.165, 1.54) is 17.4 Å². The molecule has 0 aliphatic rings. The third-order valence-corrected chi connectivity index (χ3v) is 6.24. The van der Waals surface area contributed by atoms with E-state index in [1.807, 2.05) is 19.9 Å². The van der Waals surface area contributed by atoms with Gasteiger partial charge in [0.2, 0.25) is 0 Å². The summed E-state index contributed by atoms with van der Waals surface area (Å²) in [6.07, 6.45) is 0. The van der Waals surface area contributed by atoms with E-state index in [0.29, 0.717) is 14.4 Å². The van der Waals surface area contributed by atoms with Crippen LogP contribution >= 0.6 is 27.3 Å². The predicted octanol–water partition coefficient (Wildman–Crippen LogP) is 3.42. The van der Waals surface area contributed by atoms with Crippen LogP contribution in [0, 0.1) is 13.8 Å². The van der Waals surface area contributed by atoms with Gasteiger partial charge in [-0.05, 0) is 59.1 Å². The fraction of sp³-hybridized carbons (Fsp3) is 0.231. The number of hydrogen-bond donors (Lipinski definition) is 2. The molecule has 0 bridgehead atoms. The Morgan fingerprint density at radius 3 is 2.30 bits per heavy atom. The highest BCUT2D eigenvalue weighted by Crippen LogP contribution is 2.33. The molecule has 1 aromatic carbocycles. The minimum absolute atomic E-state index is 0.144. The van der Waals surface area contributed by atoms with Crippen LogP contribution in [0.25, 0.3) is 0 Å². The van der Waals surface area contributed by atoms with Gasteiger partial charge in [0.15, 0.2) is 0 Å². The van der Waals surface area contributed by atoms with Crippen LogP contribution in [-0.4, -0.2) is 13.5 Å². The molecule has 2 rings (SSSR count). The Kier molecular flexibility index (Phi) is 4.53. The molecule has 0 fully saturated rings. The number of rotatable bonds is 4. The number of hydrogen-bond acceptors (Lipinski definition) is 4. The maximum absolute atomic E-state index is 12.4. The molecule has 20 heavy (non-hydrogen) atoms. The van der Waals surface area contributed by atoms with Crippen LogP contribution in [-0.2, 0) is 16.6 Å². The average Bonchev–Trinajstić information content (AvgIpc) is 2.69. The van der Waals surface area contributed by atoms with Crippen LogP contribution in [0.15, 0.2) is 32.9 Å². The number of benzene rings is 1. The van der Waals surface area contributed by atoms with Gasteiger partial charge >= 0.3 is 0 Å². The predicted molar refractivity (Wildman–Crippen MR) is 84.7 cm³/mol. The number of anilines is 1. The van der Waals surface area contributed by atoms with Crippen molar-refractivity contribution in [3.63, 3.8) is 0 Å². The van der Waals surface area contributed by atoms with Gasteiger partial charge in [-0.25, -0.2) is 8.42 Å². The molecule has 0 amide bonds. The number of aryl methyl sites for hydroxylation is 2. The fourth-order valence-corrected chi connectivity index (χ4v) is 5.49. The Hall–Kier alpha value is -0.890. The first-order valence-corrected chi connectivity index (χ1v) is 8.91. The first kappa shape index (κ1) is 15.5. The monoisotopic (exact) mass is 375 g/mol. The van der Waals surface area contributed by atoms with Crippen LogP contribution in [0.2, 0.25) is 0 Å². The van der Waals surface area contributed by atoms with Crippen LogP contribution in [0.1, 0.15) is 16.0 Å². The highest BCUT2D eigenvalue weighted by molar-refractivity contribution is 9.11. The number of aliphatic hydroxyl groups is 1. The molecule has 1 aromatic heterocycles. The lowest BCUT2D eigenvalue weighted by Crippen LogP contribution is -2.12. The fourth-order valence-electron chi connectivity index (χ4n) is 1.90. The highest BCUT2D eigenvalue weighted by atomic mass is 79.9. The molecule has 108 valence electrons. The smallest absolute Gasteiger partial charge is 0.263 e. The zero-order valence-electron chi connectivity index (χ0n) is 11.0. The van der Waals surface area contributed by atoms with Crippen molar-refractivity contribution < 1.29 is 13.5 Å². The van der Waals surface area contributed by atoms with Gasteiger partial charge in [-0.1, -0.05) is 6.07 Å². The van der Waals surface area contributed by atoms with E-state index in [0.717, 1.165) is 11.1 Å². The van der Waals surface area contributed by atoms with Gasteiger partial charge in [-0.2, -0.15) is 0 Å². The molecule has 4 nitrogen and oxygen atoms in total. The van der Waals surface area contributed by atoms with Crippen molar-refractivity contribution in [1.82, 2.24) is 0 Å². The maximum Gasteiger partial charge on any atom is 0.263 e. The summed E-state index contributed by atoms with van der Waals surface area (Å²) in [5.74, 6) is 0. The van der Waals surface area contributed by atoms with Crippen LogP contribution < -0.4 is 4.72 Å². The third kappa shape index (κ3) is 3.41. The molecule has 2 aromatic rings. The van der Waals surface area contributed by atoms with Gasteiger partial charge < -0.3 is 5.11 Å². The van der Waals surface area contributed by atoms with Crippen LogP contribution in [0.3, 0.4) is 0 Å². The Morgan fingerprint density at radius 2 is 1.80 bits per heavy atom. The number of thiophene rings is 1. The normalized spacial score (nSPS) is 11.6.